The van der Waals surface area contributed by atoms with Gasteiger partial charge in [-0.05, 0) is 39.5 Å². The van der Waals surface area contributed by atoms with E-state index in [0.29, 0.717) is 38.9 Å². The predicted molar refractivity (Wildman–Crippen MR) is 112 cm³/mol. The topological polar surface area (TPSA) is 155 Å². The quantitative estimate of drug-likeness (QED) is 0.309. The third-order valence-corrected chi connectivity index (χ3v) is 3.73. The van der Waals surface area contributed by atoms with Crippen LogP contribution in [0.25, 0.3) is 0 Å². The number of carboxylic acid groups (broad SMARTS) is 2. The van der Waals surface area contributed by atoms with Gasteiger partial charge < -0.3 is 30.0 Å². The van der Waals surface area contributed by atoms with E-state index in [1.54, 1.807) is 0 Å². The fourth-order valence-corrected chi connectivity index (χ4v) is 1.87. The van der Waals surface area contributed by atoms with Crippen LogP contribution in [0.4, 0.5) is 0 Å². The summed E-state index contributed by atoms with van der Waals surface area (Å²) < 4.78 is 0. The molecule has 0 radical (unpaired) electrons. The number of unbranched alkanes of at least 4 members (excludes halogenated alkanes) is 2. The van der Waals surface area contributed by atoms with Gasteiger partial charge in [0.2, 0.25) is 0 Å². The fourth-order valence-electron chi connectivity index (χ4n) is 1.87. The van der Waals surface area contributed by atoms with E-state index in [-0.39, 0.29) is 33.3 Å². The molecule has 2 atom stereocenters. The van der Waals surface area contributed by atoms with Crippen LogP contribution < -0.4 is 10.2 Å². The van der Waals surface area contributed by atoms with Gasteiger partial charge in [0, 0.05) is 13.2 Å². The van der Waals surface area contributed by atoms with E-state index in [1.165, 1.54) is 13.8 Å². The maximum absolute atomic E-state index is 10.6. The van der Waals surface area contributed by atoms with Gasteiger partial charge in [-0.15, -0.1) is 0 Å². The third-order valence-electron chi connectivity index (χ3n) is 3.73. The van der Waals surface area contributed by atoms with Crippen LogP contribution in [0.1, 0.15) is 92.9 Å². The molecule has 0 aliphatic heterocycles. The largest absolute Gasteiger partial charge is 2.00 e. The summed E-state index contributed by atoms with van der Waals surface area (Å²) in [5, 5.41) is 36.5. The Labute approximate surface area is 202 Å². The van der Waals surface area contributed by atoms with E-state index in [1.807, 2.05) is 13.8 Å². The average molecular weight is 482 g/mol. The van der Waals surface area contributed by atoms with Crippen molar-refractivity contribution in [3.05, 3.63) is 0 Å². The Morgan fingerprint density at radius 1 is 0.645 bits per heavy atom. The summed E-state index contributed by atoms with van der Waals surface area (Å²) in [6.45, 7) is 11.0. The fraction of sp³-hybridized carbons (Fsp3) is 0.818. The zero-order valence-electron chi connectivity index (χ0n) is 20.1. The molecule has 0 aliphatic carbocycles. The second-order valence-electron chi connectivity index (χ2n) is 6.70. The normalized spacial score (nSPS) is 10.8. The number of aliphatic hydroxyl groups excluding tert-OH is 2. The molecule has 0 saturated carbocycles. The molecule has 0 heterocycles. The molecule has 0 amide bonds. The van der Waals surface area contributed by atoms with Crippen molar-refractivity contribution >= 4 is 23.5 Å². The Bertz CT molecular complexity index is 369. The van der Waals surface area contributed by atoms with E-state index < -0.39 is 23.8 Å². The van der Waals surface area contributed by atoms with E-state index in [9.17, 15) is 29.4 Å². The Kier molecular flexibility index (Phi) is 40.4. The van der Waals surface area contributed by atoms with Crippen molar-refractivity contribution in [1.82, 2.24) is 0 Å². The van der Waals surface area contributed by atoms with Crippen molar-refractivity contribution in [3.63, 3.8) is 0 Å². The first kappa shape index (κ1) is 40.3. The summed E-state index contributed by atoms with van der Waals surface area (Å²) in [7, 11) is 0. The monoisotopic (exact) mass is 482 g/mol. The number of ketones is 2. The molecular formula is C22H42O8Ti. The number of carbonyl (C=O) groups is 4. The summed E-state index contributed by atoms with van der Waals surface area (Å²) >= 11 is 0. The summed E-state index contributed by atoms with van der Waals surface area (Å²) in [5.41, 5.74) is 0. The number of hydrogen-bond acceptors (Lipinski definition) is 8. The van der Waals surface area contributed by atoms with Crippen LogP contribution in [0.15, 0.2) is 0 Å². The number of rotatable bonds is 12. The molecule has 0 fully saturated rings. The summed E-state index contributed by atoms with van der Waals surface area (Å²) in [6.07, 6.45) is 6.23. The molecule has 8 nitrogen and oxygen atoms in total. The van der Waals surface area contributed by atoms with Gasteiger partial charge in [-0.3, -0.25) is 9.59 Å². The first-order chi connectivity index (χ1) is 14.0. The molecule has 2 N–H and O–H groups in total. The van der Waals surface area contributed by atoms with Crippen molar-refractivity contribution in [3.8, 4) is 0 Å². The Morgan fingerprint density at radius 3 is 0.935 bits per heavy atom. The molecule has 9 heteroatoms. The van der Waals surface area contributed by atoms with Gasteiger partial charge in [-0.25, -0.2) is 0 Å². The van der Waals surface area contributed by atoms with Crippen LogP contribution in [0.2, 0.25) is 0 Å². The zero-order valence-corrected chi connectivity index (χ0v) is 21.6. The minimum absolute atomic E-state index is 0. The molecule has 0 aliphatic rings. The van der Waals surface area contributed by atoms with Crippen molar-refractivity contribution < 1.29 is 61.3 Å². The predicted octanol–water partition coefficient (Wildman–Crippen LogP) is 1.04. The molecular weight excluding hydrogens is 440 g/mol. The van der Waals surface area contributed by atoms with Crippen LogP contribution in [0, 0.1) is 11.8 Å². The maximum Gasteiger partial charge on any atom is 2.00 e. The minimum Gasteiger partial charge on any atom is -0.549 e. The number of Topliss-reactive ketones (excluding diaryl/α,β-unsaturated/α-hetero) is 2. The van der Waals surface area contributed by atoms with Crippen LogP contribution >= 0.6 is 0 Å². The van der Waals surface area contributed by atoms with Crippen molar-refractivity contribution in [2.24, 2.45) is 11.8 Å². The zero-order chi connectivity index (χ0) is 24.5. The molecule has 0 spiro atoms. The average Bonchev–Trinajstić information content (AvgIpc) is 2.66. The van der Waals surface area contributed by atoms with Crippen LogP contribution in [0.5, 0.6) is 0 Å². The first-order valence-corrected chi connectivity index (χ1v) is 10.7. The van der Waals surface area contributed by atoms with Gasteiger partial charge in [-0.1, -0.05) is 53.4 Å². The SMILES string of the molecule is CCCC(C(C)=O)C(=O)[O-].CCCC(C(C)=O)C(=O)[O-].CCCCO.CCCCO.[Ti+2]. The van der Waals surface area contributed by atoms with Crippen LogP contribution in [0.3, 0.4) is 0 Å². The van der Waals surface area contributed by atoms with Gasteiger partial charge in [0.05, 0.1) is 23.8 Å². The third kappa shape index (κ3) is 33.7. The van der Waals surface area contributed by atoms with Gasteiger partial charge in [0.15, 0.2) is 0 Å². The smallest absolute Gasteiger partial charge is 0.549 e. The molecule has 182 valence electrons. The van der Waals surface area contributed by atoms with Gasteiger partial charge >= 0.3 is 21.7 Å². The van der Waals surface area contributed by atoms with Crippen LogP contribution in [-0.4, -0.2) is 46.9 Å². The summed E-state index contributed by atoms with van der Waals surface area (Å²) in [4.78, 5) is 41.5. The molecule has 0 bridgehead atoms. The van der Waals surface area contributed by atoms with Gasteiger partial charge in [0.1, 0.15) is 11.6 Å². The van der Waals surface area contributed by atoms with Gasteiger partial charge in [0.25, 0.3) is 0 Å². The van der Waals surface area contributed by atoms with Gasteiger partial charge in [-0.2, -0.15) is 0 Å². The van der Waals surface area contributed by atoms with E-state index >= 15 is 0 Å². The maximum atomic E-state index is 10.6. The molecule has 0 rings (SSSR count). The second kappa shape index (κ2) is 31.1. The van der Waals surface area contributed by atoms with E-state index in [0.717, 1.165) is 25.7 Å². The molecule has 0 saturated heterocycles. The molecule has 31 heavy (non-hydrogen) atoms. The second-order valence-corrected chi connectivity index (χ2v) is 6.70. The number of carbonyl (C=O) groups excluding carboxylic acids is 4. The molecule has 0 aromatic heterocycles. The number of aliphatic carboxylic acids is 2. The first-order valence-electron chi connectivity index (χ1n) is 10.7. The number of hydrogen-bond donors (Lipinski definition) is 2. The van der Waals surface area contributed by atoms with Crippen molar-refractivity contribution in [1.29, 1.82) is 0 Å². The Hall–Kier alpha value is -1.09. The molecule has 0 aromatic rings. The van der Waals surface area contributed by atoms with Crippen molar-refractivity contribution in [2.45, 2.75) is 92.9 Å². The number of aliphatic hydroxyl groups is 2. The molecule has 0 aromatic carbocycles. The van der Waals surface area contributed by atoms with E-state index in [4.69, 9.17) is 10.2 Å². The standard InChI is InChI=1S/2C7H12O3.2C4H10O.Ti/c2*1-3-4-6(5(2)8)7(9)10;2*1-2-3-4-5;/h2*6H,3-4H2,1-2H3,(H,9,10);2*5H,2-4H2,1H3;/q;;;;+2/p-2. The van der Waals surface area contributed by atoms with Crippen LogP contribution in [-0.2, 0) is 40.9 Å². The summed E-state index contributed by atoms with van der Waals surface area (Å²) in [6, 6.07) is 0. The Morgan fingerprint density at radius 2 is 0.903 bits per heavy atom. The Balaban J connectivity index is -0.000000101. The minimum atomic E-state index is -1.26. The molecule has 2 unspecified atom stereocenters. The summed E-state index contributed by atoms with van der Waals surface area (Å²) in [5.74, 6) is -4.94. The van der Waals surface area contributed by atoms with Crippen molar-refractivity contribution in [2.75, 3.05) is 13.2 Å². The number of carboxylic acids is 2. The van der Waals surface area contributed by atoms with E-state index in [2.05, 4.69) is 13.8 Å².